The monoisotopic (exact) mass is 304 g/mol. The Morgan fingerprint density at radius 3 is 2.04 bits per heavy atom. The molecule has 1 aliphatic rings. The second-order valence-corrected chi connectivity index (χ2v) is 7.68. The van der Waals surface area contributed by atoms with Crippen LogP contribution in [0.5, 0.6) is 0 Å². The van der Waals surface area contributed by atoms with Gasteiger partial charge in [0.2, 0.25) is 0 Å². The third kappa shape index (κ3) is 3.00. The molecule has 0 bridgehead atoms. The molecule has 0 spiro atoms. The largest absolute Gasteiger partial charge is 0.0626 e. The van der Waals surface area contributed by atoms with Gasteiger partial charge in [-0.3, -0.25) is 0 Å². The quantitative estimate of drug-likeness (QED) is 0.592. The number of aryl methyl sites for hydroxylation is 2. The van der Waals surface area contributed by atoms with Crippen molar-refractivity contribution in [2.75, 3.05) is 0 Å². The second kappa shape index (κ2) is 6.00. The minimum Gasteiger partial charge on any atom is -0.0626 e. The van der Waals surface area contributed by atoms with Gasteiger partial charge in [-0.2, -0.15) is 0 Å². The highest BCUT2D eigenvalue weighted by Crippen LogP contribution is 2.41. The molecule has 0 fully saturated rings. The van der Waals surface area contributed by atoms with Crippen LogP contribution < -0.4 is 0 Å². The van der Waals surface area contributed by atoms with Crippen molar-refractivity contribution in [2.45, 2.75) is 53.9 Å². The predicted octanol–water partition coefficient (Wildman–Crippen LogP) is 6.69. The third-order valence-corrected chi connectivity index (χ3v) is 4.97. The van der Waals surface area contributed by atoms with Crippen LogP contribution in [-0.4, -0.2) is 0 Å². The van der Waals surface area contributed by atoms with Crippen LogP contribution in [0.2, 0.25) is 0 Å². The zero-order valence-corrected chi connectivity index (χ0v) is 15.3. The molecule has 2 aromatic carbocycles. The number of hydrogen-bond donors (Lipinski definition) is 0. The molecule has 0 radical (unpaired) electrons. The zero-order valence-electron chi connectivity index (χ0n) is 15.3. The van der Waals surface area contributed by atoms with E-state index in [1.807, 2.05) is 0 Å². The molecule has 23 heavy (non-hydrogen) atoms. The Balaban J connectivity index is 2.28. The third-order valence-electron chi connectivity index (χ3n) is 4.97. The van der Waals surface area contributed by atoms with E-state index >= 15 is 0 Å². The molecule has 0 N–H and O–H groups in total. The second-order valence-electron chi connectivity index (χ2n) is 7.68. The van der Waals surface area contributed by atoms with E-state index in [1.54, 1.807) is 5.57 Å². The number of fused-ring (bicyclic) bond motifs is 1. The molecule has 0 heterocycles. The van der Waals surface area contributed by atoms with E-state index in [-0.39, 0.29) is 0 Å². The van der Waals surface area contributed by atoms with Crippen molar-refractivity contribution in [3.8, 4) is 11.1 Å². The van der Waals surface area contributed by atoms with Crippen LogP contribution >= 0.6 is 0 Å². The number of allylic oxidation sites excluding steroid dienone is 1. The van der Waals surface area contributed by atoms with Crippen LogP contribution in [0.1, 0.15) is 61.4 Å². The van der Waals surface area contributed by atoms with E-state index in [0.29, 0.717) is 11.8 Å². The minimum atomic E-state index is 0.535. The van der Waals surface area contributed by atoms with Gasteiger partial charge in [0.25, 0.3) is 0 Å². The first kappa shape index (κ1) is 16.1. The summed E-state index contributed by atoms with van der Waals surface area (Å²) in [7, 11) is 0. The summed E-state index contributed by atoms with van der Waals surface area (Å²) in [6, 6.07) is 11.7. The molecule has 0 unspecified atom stereocenters. The van der Waals surface area contributed by atoms with E-state index in [1.165, 1.54) is 38.9 Å². The Morgan fingerprint density at radius 2 is 1.48 bits per heavy atom. The Labute approximate surface area is 141 Å². The van der Waals surface area contributed by atoms with Gasteiger partial charge in [-0.05, 0) is 59.9 Å². The zero-order chi connectivity index (χ0) is 16.7. The first-order valence-corrected chi connectivity index (χ1v) is 8.81. The summed E-state index contributed by atoms with van der Waals surface area (Å²) in [6.07, 6.45) is 3.57. The van der Waals surface area contributed by atoms with Gasteiger partial charge < -0.3 is 0 Å². The summed E-state index contributed by atoms with van der Waals surface area (Å²) in [5.74, 6) is 1.16. The summed E-state index contributed by atoms with van der Waals surface area (Å²) >= 11 is 0. The molecule has 120 valence electrons. The van der Waals surface area contributed by atoms with Gasteiger partial charge in [0.05, 0.1) is 0 Å². The maximum Gasteiger partial charge on any atom is -0.00550 e. The molecule has 0 atom stereocenters. The molecular formula is C23H28. The summed E-state index contributed by atoms with van der Waals surface area (Å²) in [5, 5.41) is 0. The fraction of sp³-hybridized carbons (Fsp3) is 0.391. The lowest BCUT2D eigenvalue weighted by Crippen LogP contribution is -1.98. The van der Waals surface area contributed by atoms with Crippen molar-refractivity contribution < 1.29 is 0 Å². The fourth-order valence-corrected chi connectivity index (χ4v) is 3.75. The van der Waals surface area contributed by atoms with Crippen LogP contribution in [-0.2, 0) is 6.42 Å². The summed E-state index contributed by atoms with van der Waals surface area (Å²) < 4.78 is 0. The fourth-order valence-electron chi connectivity index (χ4n) is 3.75. The van der Waals surface area contributed by atoms with Gasteiger partial charge in [0.15, 0.2) is 0 Å². The number of rotatable bonds is 3. The van der Waals surface area contributed by atoms with Gasteiger partial charge in [0.1, 0.15) is 0 Å². The number of benzene rings is 2. The Morgan fingerprint density at radius 1 is 0.826 bits per heavy atom. The van der Waals surface area contributed by atoms with Gasteiger partial charge >= 0.3 is 0 Å². The highest BCUT2D eigenvalue weighted by atomic mass is 14.3. The van der Waals surface area contributed by atoms with Crippen LogP contribution in [0.4, 0.5) is 0 Å². The smallest absolute Gasteiger partial charge is 0.00550 e. The molecule has 0 heteroatoms. The maximum absolute atomic E-state index is 2.46. The van der Waals surface area contributed by atoms with Crippen LogP contribution in [0, 0.1) is 19.8 Å². The predicted molar refractivity (Wildman–Crippen MR) is 102 cm³/mol. The molecule has 0 aromatic heterocycles. The average Bonchev–Trinajstić information content (AvgIpc) is 2.89. The normalized spacial score (nSPS) is 13.7. The van der Waals surface area contributed by atoms with Crippen molar-refractivity contribution in [2.24, 2.45) is 5.92 Å². The molecule has 0 amide bonds. The Hall–Kier alpha value is -1.82. The molecule has 2 aromatic rings. The van der Waals surface area contributed by atoms with Crippen LogP contribution in [0.3, 0.4) is 0 Å². The molecule has 0 aliphatic heterocycles. The van der Waals surface area contributed by atoms with E-state index in [4.69, 9.17) is 0 Å². The summed E-state index contributed by atoms with van der Waals surface area (Å²) in [4.78, 5) is 0. The molecule has 1 aliphatic carbocycles. The van der Waals surface area contributed by atoms with E-state index < -0.39 is 0 Å². The highest BCUT2D eigenvalue weighted by molar-refractivity contribution is 5.84. The maximum atomic E-state index is 2.46. The summed E-state index contributed by atoms with van der Waals surface area (Å²) in [6.45, 7) is 13.6. The average molecular weight is 304 g/mol. The molecular weight excluding hydrogens is 276 g/mol. The van der Waals surface area contributed by atoms with E-state index in [9.17, 15) is 0 Å². The van der Waals surface area contributed by atoms with Gasteiger partial charge in [-0.1, -0.05) is 80.8 Å². The SMILES string of the molecule is Cc1cc(C)cc(-c2c(C(C)C)ccc3c2C=C(C(C)C)C3)c1. The summed E-state index contributed by atoms with van der Waals surface area (Å²) in [5.41, 5.74) is 11.5. The van der Waals surface area contributed by atoms with Crippen molar-refractivity contribution in [3.63, 3.8) is 0 Å². The van der Waals surface area contributed by atoms with Crippen molar-refractivity contribution in [1.29, 1.82) is 0 Å². The lowest BCUT2D eigenvalue weighted by Gasteiger charge is -2.18. The van der Waals surface area contributed by atoms with E-state index in [0.717, 1.165) is 6.42 Å². The van der Waals surface area contributed by atoms with Crippen molar-refractivity contribution in [3.05, 3.63) is 63.7 Å². The molecule has 0 saturated heterocycles. The standard InChI is InChI=1S/C23H28/c1-14(2)19-12-18-7-8-21(15(3)4)23(22(18)13-19)20-10-16(5)9-17(6)11-20/h7-11,13-15H,12H2,1-6H3. The van der Waals surface area contributed by atoms with Crippen LogP contribution in [0.25, 0.3) is 17.2 Å². The van der Waals surface area contributed by atoms with E-state index in [2.05, 4.69) is 78.0 Å². The molecule has 3 rings (SSSR count). The Bertz CT molecular complexity index is 753. The highest BCUT2D eigenvalue weighted by Gasteiger charge is 2.22. The van der Waals surface area contributed by atoms with Gasteiger partial charge in [0, 0.05) is 0 Å². The minimum absolute atomic E-state index is 0.535. The molecule has 0 nitrogen and oxygen atoms in total. The molecule has 0 saturated carbocycles. The first-order valence-electron chi connectivity index (χ1n) is 8.81. The number of hydrogen-bond acceptors (Lipinski definition) is 0. The topological polar surface area (TPSA) is 0 Å². The van der Waals surface area contributed by atoms with Crippen LogP contribution in [0.15, 0.2) is 35.9 Å². The Kier molecular flexibility index (Phi) is 4.19. The lowest BCUT2D eigenvalue weighted by molar-refractivity contribution is 0.754. The lowest BCUT2D eigenvalue weighted by atomic mass is 9.86. The van der Waals surface area contributed by atoms with Gasteiger partial charge in [-0.15, -0.1) is 0 Å². The first-order chi connectivity index (χ1) is 10.9. The van der Waals surface area contributed by atoms with Crippen molar-refractivity contribution >= 4 is 6.08 Å². The van der Waals surface area contributed by atoms with Gasteiger partial charge in [-0.25, -0.2) is 0 Å². The van der Waals surface area contributed by atoms with Crippen molar-refractivity contribution in [1.82, 2.24) is 0 Å².